The van der Waals surface area contributed by atoms with Gasteiger partial charge in [-0.05, 0) is 67.3 Å². The van der Waals surface area contributed by atoms with E-state index in [1.807, 2.05) is 57.2 Å². The number of fused-ring (bicyclic) bond motifs is 1. The average Bonchev–Trinajstić information content (AvgIpc) is 2.70. The number of aryl methyl sites for hydroxylation is 3. The largest absolute Gasteiger partial charge is 0.507 e. The number of anilines is 1. The first-order chi connectivity index (χ1) is 14.4. The van der Waals surface area contributed by atoms with Crippen LogP contribution in [0.5, 0.6) is 5.75 Å². The lowest BCUT2D eigenvalue weighted by molar-refractivity contribution is 0.465. The van der Waals surface area contributed by atoms with E-state index in [2.05, 4.69) is 23.5 Å². The molecule has 1 heterocycles. The molecule has 0 radical (unpaired) electrons. The molecule has 1 aromatic heterocycles. The molecule has 0 atom stereocenters. The van der Waals surface area contributed by atoms with Gasteiger partial charge in [-0.2, -0.15) is 0 Å². The second-order valence-corrected chi connectivity index (χ2v) is 7.83. The number of benzene rings is 3. The maximum Gasteiger partial charge on any atom is 0.340 e. The van der Waals surface area contributed by atoms with E-state index in [1.165, 1.54) is 0 Å². The molecule has 4 nitrogen and oxygen atoms in total. The van der Waals surface area contributed by atoms with E-state index in [4.69, 9.17) is 4.42 Å². The second-order valence-electron chi connectivity index (χ2n) is 7.83. The van der Waals surface area contributed by atoms with Crippen LogP contribution in [0.2, 0.25) is 0 Å². The summed E-state index contributed by atoms with van der Waals surface area (Å²) in [4.78, 5) is 12.8. The van der Waals surface area contributed by atoms with E-state index in [9.17, 15) is 9.90 Å². The van der Waals surface area contributed by atoms with Crippen LogP contribution in [0.1, 0.15) is 33.4 Å². The van der Waals surface area contributed by atoms with E-state index in [-0.39, 0.29) is 11.4 Å². The van der Waals surface area contributed by atoms with Crippen molar-refractivity contribution in [1.29, 1.82) is 0 Å². The Morgan fingerprint density at radius 3 is 2.30 bits per heavy atom. The monoisotopic (exact) mass is 399 g/mol. The fourth-order valence-corrected chi connectivity index (χ4v) is 3.94. The molecule has 0 bridgehead atoms. The first-order valence-electron chi connectivity index (χ1n) is 10.1. The van der Waals surface area contributed by atoms with E-state index in [1.54, 1.807) is 6.07 Å². The van der Waals surface area contributed by atoms with Gasteiger partial charge in [0.25, 0.3) is 0 Å². The molecular weight excluding hydrogens is 374 g/mol. The van der Waals surface area contributed by atoms with Gasteiger partial charge >= 0.3 is 5.63 Å². The van der Waals surface area contributed by atoms with Crippen molar-refractivity contribution >= 4 is 16.7 Å². The summed E-state index contributed by atoms with van der Waals surface area (Å²) in [5.74, 6) is 0.109. The lowest BCUT2D eigenvalue weighted by Gasteiger charge is -2.14. The summed E-state index contributed by atoms with van der Waals surface area (Å²) in [6.45, 7) is 6.39. The highest BCUT2D eigenvalue weighted by Crippen LogP contribution is 2.30. The van der Waals surface area contributed by atoms with Crippen molar-refractivity contribution in [3.05, 3.63) is 104 Å². The third-order valence-corrected chi connectivity index (χ3v) is 5.45. The quantitative estimate of drug-likeness (QED) is 0.427. The van der Waals surface area contributed by atoms with Gasteiger partial charge in [0.1, 0.15) is 11.3 Å². The van der Waals surface area contributed by atoms with Crippen LogP contribution < -0.4 is 10.9 Å². The number of aromatic hydroxyl groups is 1. The number of hydrogen-bond donors (Lipinski definition) is 2. The lowest BCUT2D eigenvalue weighted by atomic mass is 9.98. The van der Waals surface area contributed by atoms with Gasteiger partial charge in [-0.3, -0.25) is 0 Å². The summed E-state index contributed by atoms with van der Waals surface area (Å²) < 4.78 is 5.74. The molecule has 0 aliphatic rings. The van der Waals surface area contributed by atoms with Crippen molar-refractivity contribution in [2.45, 2.75) is 33.7 Å². The summed E-state index contributed by atoms with van der Waals surface area (Å²) in [5, 5.41) is 14.7. The highest BCUT2D eigenvalue weighted by Gasteiger charge is 2.17. The number of nitrogens with one attached hydrogen (secondary N) is 1. The topological polar surface area (TPSA) is 62.5 Å². The van der Waals surface area contributed by atoms with E-state index < -0.39 is 0 Å². The van der Waals surface area contributed by atoms with Crippen LogP contribution in [-0.4, -0.2) is 5.11 Å². The van der Waals surface area contributed by atoms with Crippen molar-refractivity contribution in [3.8, 4) is 5.75 Å². The number of phenolic OH excluding ortho intramolecular Hbond substituents is 1. The molecule has 4 aromatic rings. The predicted molar refractivity (Wildman–Crippen MR) is 121 cm³/mol. The Balaban J connectivity index is 1.73. The Hall–Kier alpha value is -3.53. The molecule has 30 heavy (non-hydrogen) atoms. The minimum absolute atomic E-state index is 0.109. The Labute approximate surface area is 175 Å². The summed E-state index contributed by atoms with van der Waals surface area (Å²) >= 11 is 0. The minimum Gasteiger partial charge on any atom is -0.507 e. The molecule has 0 aliphatic heterocycles. The van der Waals surface area contributed by atoms with Crippen molar-refractivity contribution in [3.63, 3.8) is 0 Å². The molecule has 4 heteroatoms. The van der Waals surface area contributed by atoms with Crippen molar-refractivity contribution < 1.29 is 9.52 Å². The fraction of sp³-hybridized carbons (Fsp3) is 0.192. The highest BCUT2D eigenvalue weighted by molar-refractivity contribution is 5.86. The van der Waals surface area contributed by atoms with Crippen LogP contribution in [0.25, 0.3) is 11.0 Å². The number of phenols is 1. The first-order valence-corrected chi connectivity index (χ1v) is 10.1. The van der Waals surface area contributed by atoms with Gasteiger partial charge in [0.15, 0.2) is 0 Å². The van der Waals surface area contributed by atoms with Gasteiger partial charge in [-0.15, -0.1) is 0 Å². The summed E-state index contributed by atoms with van der Waals surface area (Å²) in [6.07, 6.45) is 0.516. The molecule has 2 N–H and O–H groups in total. The molecule has 3 aromatic carbocycles. The SMILES string of the molecule is Cc1cc(C)cc(NCc2c(O)ccc3c(C)c(Cc4ccccc4)c(=O)oc23)c1. The standard InChI is InChI=1S/C26H25NO3/c1-16-11-17(2)13-20(12-16)27-15-23-24(28)10-9-21-18(3)22(26(29)30-25(21)23)14-19-7-5-4-6-8-19/h4-13,27-28H,14-15H2,1-3H3. The summed E-state index contributed by atoms with van der Waals surface area (Å²) in [6, 6.07) is 19.6. The van der Waals surface area contributed by atoms with Gasteiger partial charge < -0.3 is 14.8 Å². The third-order valence-electron chi connectivity index (χ3n) is 5.45. The molecule has 0 spiro atoms. The predicted octanol–water partition coefficient (Wildman–Crippen LogP) is 5.63. The van der Waals surface area contributed by atoms with Crippen molar-refractivity contribution in [1.82, 2.24) is 0 Å². The molecule has 0 saturated carbocycles. The van der Waals surface area contributed by atoms with Crippen molar-refractivity contribution in [2.75, 3.05) is 5.32 Å². The molecule has 152 valence electrons. The van der Waals surface area contributed by atoms with Crippen LogP contribution in [-0.2, 0) is 13.0 Å². The molecular formula is C26H25NO3. The molecule has 0 aliphatic carbocycles. The van der Waals surface area contributed by atoms with Crippen LogP contribution in [0, 0.1) is 20.8 Å². The van der Waals surface area contributed by atoms with E-state index in [0.29, 0.717) is 29.7 Å². The lowest BCUT2D eigenvalue weighted by Crippen LogP contribution is -2.12. The van der Waals surface area contributed by atoms with E-state index >= 15 is 0 Å². The zero-order valence-corrected chi connectivity index (χ0v) is 17.5. The maximum atomic E-state index is 12.8. The Bertz CT molecular complexity index is 1250. The first kappa shape index (κ1) is 19.8. The fourth-order valence-electron chi connectivity index (χ4n) is 3.94. The van der Waals surface area contributed by atoms with Crippen LogP contribution in [0.15, 0.2) is 69.9 Å². The van der Waals surface area contributed by atoms with Gasteiger partial charge in [0, 0.05) is 29.6 Å². The highest BCUT2D eigenvalue weighted by atomic mass is 16.4. The molecule has 0 saturated heterocycles. The van der Waals surface area contributed by atoms with Gasteiger partial charge in [0.05, 0.1) is 5.56 Å². The van der Waals surface area contributed by atoms with Gasteiger partial charge in [0.2, 0.25) is 0 Å². The maximum absolute atomic E-state index is 12.8. The molecule has 0 fully saturated rings. The van der Waals surface area contributed by atoms with Gasteiger partial charge in [-0.1, -0.05) is 36.4 Å². The summed E-state index contributed by atoms with van der Waals surface area (Å²) in [7, 11) is 0. The Morgan fingerprint density at radius 2 is 1.60 bits per heavy atom. The zero-order valence-electron chi connectivity index (χ0n) is 17.5. The van der Waals surface area contributed by atoms with Crippen LogP contribution in [0.4, 0.5) is 5.69 Å². The van der Waals surface area contributed by atoms with Crippen LogP contribution in [0.3, 0.4) is 0 Å². The number of rotatable bonds is 5. The van der Waals surface area contributed by atoms with Crippen LogP contribution >= 0.6 is 0 Å². The Morgan fingerprint density at radius 1 is 0.900 bits per heavy atom. The van der Waals surface area contributed by atoms with Gasteiger partial charge in [-0.25, -0.2) is 4.79 Å². The number of hydrogen-bond acceptors (Lipinski definition) is 4. The zero-order chi connectivity index (χ0) is 21.3. The molecule has 0 unspecified atom stereocenters. The van der Waals surface area contributed by atoms with E-state index in [0.717, 1.165) is 33.3 Å². The Kier molecular flexibility index (Phi) is 5.32. The smallest absolute Gasteiger partial charge is 0.340 e. The average molecular weight is 399 g/mol. The molecule has 4 rings (SSSR count). The third kappa shape index (κ3) is 3.94. The molecule has 0 amide bonds. The summed E-state index contributed by atoms with van der Waals surface area (Å²) in [5.41, 5.74) is 6.53. The minimum atomic E-state index is -0.359. The normalized spacial score (nSPS) is 11.0. The second kappa shape index (κ2) is 8.07. The van der Waals surface area contributed by atoms with Crippen molar-refractivity contribution in [2.24, 2.45) is 0 Å².